The molecule has 0 saturated carbocycles. The molecule has 1 unspecified atom stereocenters. The van der Waals surface area contributed by atoms with Gasteiger partial charge in [0.2, 0.25) is 0 Å². The van der Waals surface area contributed by atoms with Crippen LogP contribution in [0.25, 0.3) is 0 Å². The molecule has 1 atom stereocenters. The van der Waals surface area contributed by atoms with E-state index < -0.39 is 0 Å². The number of nitrogens with zero attached hydrogens (tertiary/aromatic N) is 1. The number of benzene rings is 1. The van der Waals surface area contributed by atoms with Crippen molar-refractivity contribution in [3.8, 4) is 0 Å². The largest absolute Gasteiger partial charge is 0.394 e. The summed E-state index contributed by atoms with van der Waals surface area (Å²) < 4.78 is 5.43. The standard InChI is InChI=1S/C16H25NO2/c1-2-15(13-18)17(16-6-4-3-5-7-16)12-14-8-10-19-11-9-14/h3-7,14-15,18H,2,8-13H2,1H3. The summed E-state index contributed by atoms with van der Waals surface area (Å²) in [4.78, 5) is 2.37. The fourth-order valence-corrected chi connectivity index (χ4v) is 2.74. The molecule has 106 valence electrons. The van der Waals surface area contributed by atoms with Crippen molar-refractivity contribution in [3.05, 3.63) is 30.3 Å². The zero-order valence-corrected chi connectivity index (χ0v) is 11.8. The first kappa shape index (κ1) is 14.4. The Morgan fingerprint density at radius 2 is 1.95 bits per heavy atom. The molecule has 1 aromatic rings. The maximum Gasteiger partial charge on any atom is 0.0634 e. The smallest absolute Gasteiger partial charge is 0.0634 e. The summed E-state index contributed by atoms with van der Waals surface area (Å²) in [5.41, 5.74) is 1.22. The molecule has 0 amide bonds. The third-order valence-corrected chi connectivity index (χ3v) is 4.01. The molecular formula is C16H25NO2. The van der Waals surface area contributed by atoms with Crippen LogP contribution in [0.15, 0.2) is 30.3 Å². The minimum atomic E-state index is 0.213. The van der Waals surface area contributed by atoms with Gasteiger partial charge in [-0.2, -0.15) is 0 Å². The number of rotatable bonds is 6. The van der Waals surface area contributed by atoms with Gasteiger partial charge >= 0.3 is 0 Å². The lowest BCUT2D eigenvalue weighted by Gasteiger charge is -2.36. The highest BCUT2D eigenvalue weighted by molar-refractivity contribution is 5.47. The lowest BCUT2D eigenvalue weighted by molar-refractivity contribution is 0.0671. The molecule has 1 aliphatic heterocycles. The van der Waals surface area contributed by atoms with E-state index >= 15 is 0 Å². The van der Waals surface area contributed by atoms with Crippen LogP contribution in [-0.4, -0.2) is 37.5 Å². The number of anilines is 1. The van der Waals surface area contributed by atoms with E-state index in [9.17, 15) is 5.11 Å². The van der Waals surface area contributed by atoms with E-state index in [4.69, 9.17) is 4.74 Å². The Morgan fingerprint density at radius 1 is 1.26 bits per heavy atom. The molecule has 1 saturated heterocycles. The summed E-state index contributed by atoms with van der Waals surface area (Å²) in [7, 11) is 0. The molecule has 1 aromatic carbocycles. The van der Waals surface area contributed by atoms with Gasteiger partial charge in [-0.15, -0.1) is 0 Å². The fraction of sp³-hybridized carbons (Fsp3) is 0.625. The Balaban J connectivity index is 2.09. The second-order valence-corrected chi connectivity index (χ2v) is 5.29. The lowest BCUT2D eigenvalue weighted by Crippen LogP contribution is -2.42. The quantitative estimate of drug-likeness (QED) is 0.856. The van der Waals surface area contributed by atoms with Gasteiger partial charge in [0.1, 0.15) is 0 Å². The van der Waals surface area contributed by atoms with Crippen molar-refractivity contribution in [2.75, 3.05) is 31.3 Å². The van der Waals surface area contributed by atoms with Crippen molar-refractivity contribution in [1.29, 1.82) is 0 Å². The van der Waals surface area contributed by atoms with Gasteiger partial charge in [-0.3, -0.25) is 0 Å². The van der Waals surface area contributed by atoms with Crippen LogP contribution in [0.3, 0.4) is 0 Å². The summed E-state index contributed by atoms with van der Waals surface area (Å²) in [6.07, 6.45) is 3.23. The molecule has 0 bridgehead atoms. The molecular weight excluding hydrogens is 238 g/mol. The van der Waals surface area contributed by atoms with Gasteiger partial charge in [0.25, 0.3) is 0 Å². The van der Waals surface area contributed by atoms with E-state index in [0.29, 0.717) is 5.92 Å². The van der Waals surface area contributed by atoms with Crippen molar-refractivity contribution in [2.24, 2.45) is 5.92 Å². The highest BCUT2D eigenvalue weighted by atomic mass is 16.5. The first-order valence-corrected chi connectivity index (χ1v) is 7.35. The summed E-state index contributed by atoms with van der Waals surface area (Å²) in [6.45, 7) is 5.13. The van der Waals surface area contributed by atoms with Gasteiger partial charge in [-0.1, -0.05) is 25.1 Å². The average Bonchev–Trinajstić information content (AvgIpc) is 2.49. The van der Waals surface area contributed by atoms with Gasteiger partial charge in [0.15, 0.2) is 0 Å². The van der Waals surface area contributed by atoms with E-state index in [1.54, 1.807) is 0 Å². The van der Waals surface area contributed by atoms with Crippen LogP contribution in [0.5, 0.6) is 0 Å². The molecule has 19 heavy (non-hydrogen) atoms. The predicted molar refractivity (Wildman–Crippen MR) is 78.5 cm³/mol. The zero-order chi connectivity index (χ0) is 13.5. The zero-order valence-electron chi connectivity index (χ0n) is 11.8. The van der Waals surface area contributed by atoms with Gasteiger partial charge in [0.05, 0.1) is 12.6 Å². The van der Waals surface area contributed by atoms with Crippen molar-refractivity contribution in [1.82, 2.24) is 0 Å². The third kappa shape index (κ3) is 3.95. The van der Waals surface area contributed by atoms with Crippen LogP contribution in [0, 0.1) is 5.92 Å². The van der Waals surface area contributed by atoms with E-state index in [0.717, 1.165) is 39.0 Å². The van der Waals surface area contributed by atoms with Crippen LogP contribution in [0.2, 0.25) is 0 Å². The van der Waals surface area contributed by atoms with Crippen LogP contribution >= 0.6 is 0 Å². The number of ether oxygens (including phenoxy) is 1. The fourth-order valence-electron chi connectivity index (χ4n) is 2.74. The Bertz CT molecular complexity index is 345. The Kier molecular flexibility index (Phi) is 5.67. The molecule has 0 aliphatic carbocycles. The number of aliphatic hydroxyl groups excluding tert-OH is 1. The highest BCUT2D eigenvalue weighted by Crippen LogP contribution is 2.23. The van der Waals surface area contributed by atoms with E-state index in [-0.39, 0.29) is 12.6 Å². The normalized spacial score (nSPS) is 18.2. The maximum absolute atomic E-state index is 9.62. The molecule has 0 radical (unpaired) electrons. The van der Waals surface area contributed by atoms with Crippen molar-refractivity contribution in [2.45, 2.75) is 32.2 Å². The van der Waals surface area contributed by atoms with Gasteiger partial charge in [-0.25, -0.2) is 0 Å². The van der Waals surface area contributed by atoms with Crippen LogP contribution < -0.4 is 4.90 Å². The Hall–Kier alpha value is -1.06. The minimum Gasteiger partial charge on any atom is -0.394 e. The second-order valence-electron chi connectivity index (χ2n) is 5.29. The van der Waals surface area contributed by atoms with Gasteiger partial charge in [-0.05, 0) is 37.3 Å². The van der Waals surface area contributed by atoms with Crippen LogP contribution in [0.4, 0.5) is 5.69 Å². The van der Waals surface area contributed by atoms with E-state index in [1.807, 2.05) is 6.07 Å². The number of para-hydroxylation sites is 1. The monoisotopic (exact) mass is 263 g/mol. The van der Waals surface area contributed by atoms with Crippen molar-refractivity contribution >= 4 is 5.69 Å². The highest BCUT2D eigenvalue weighted by Gasteiger charge is 2.22. The predicted octanol–water partition coefficient (Wildman–Crippen LogP) is 2.69. The molecule has 0 spiro atoms. The number of aliphatic hydroxyl groups is 1. The van der Waals surface area contributed by atoms with Crippen molar-refractivity contribution < 1.29 is 9.84 Å². The minimum absolute atomic E-state index is 0.213. The molecule has 3 nitrogen and oxygen atoms in total. The summed E-state index contributed by atoms with van der Waals surface area (Å²) in [5, 5.41) is 9.62. The van der Waals surface area contributed by atoms with Crippen LogP contribution in [0.1, 0.15) is 26.2 Å². The third-order valence-electron chi connectivity index (χ3n) is 4.01. The number of hydrogen-bond acceptors (Lipinski definition) is 3. The average molecular weight is 263 g/mol. The number of hydrogen-bond donors (Lipinski definition) is 1. The Labute approximate surface area is 116 Å². The van der Waals surface area contributed by atoms with Gasteiger partial charge < -0.3 is 14.7 Å². The molecule has 3 heteroatoms. The molecule has 1 heterocycles. The molecule has 1 N–H and O–H groups in total. The first-order valence-electron chi connectivity index (χ1n) is 7.35. The van der Waals surface area contributed by atoms with E-state index in [1.165, 1.54) is 5.69 Å². The topological polar surface area (TPSA) is 32.7 Å². The summed E-state index contributed by atoms with van der Waals surface area (Å²) in [5.74, 6) is 0.676. The maximum atomic E-state index is 9.62. The Morgan fingerprint density at radius 3 is 2.53 bits per heavy atom. The molecule has 0 aromatic heterocycles. The van der Waals surface area contributed by atoms with Gasteiger partial charge in [0, 0.05) is 25.4 Å². The lowest BCUT2D eigenvalue weighted by atomic mass is 9.98. The second kappa shape index (κ2) is 7.51. The molecule has 2 rings (SSSR count). The first-order chi connectivity index (χ1) is 9.35. The van der Waals surface area contributed by atoms with Crippen LogP contribution in [-0.2, 0) is 4.74 Å². The molecule has 1 aliphatic rings. The summed E-state index contributed by atoms with van der Waals surface area (Å²) >= 11 is 0. The SMILES string of the molecule is CCC(CO)N(CC1CCOCC1)c1ccccc1. The van der Waals surface area contributed by atoms with E-state index in [2.05, 4.69) is 36.1 Å². The van der Waals surface area contributed by atoms with Crippen molar-refractivity contribution in [3.63, 3.8) is 0 Å². The molecule has 1 fully saturated rings. The summed E-state index contributed by atoms with van der Waals surface area (Å²) in [6, 6.07) is 10.7.